The number of hydrogen-bond donors (Lipinski definition) is 0. The number of methoxy groups -OCH3 is 1. The average molecular weight is 347 g/mol. The fourth-order valence-electron chi connectivity index (χ4n) is 5.56. The van der Waals surface area contributed by atoms with E-state index in [9.17, 15) is 0 Å². The quantitative estimate of drug-likeness (QED) is 0.764. The third-order valence-electron chi connectivity index (χ3n) is 6.50. The highest BCUT2D eigenvalue weighted by Crippen LogP contribution is 2.60. The SMILES string of the molecule is COc1ccccc1N1COOC2(OOC1)C1CC3CC(C1)CC2C3. The molecule has 0 radical (unpaired) electrons. The Bertz CT molecular complexity index is 596. The van der Waals surface area contributed by atoms with Crippen LogP contribution in [-0.2, 0) is 19.6 Å². The first-order chi connectivity index (χ1) is 12.3. The number of ether oxygens (including phenoxy) is 1. The van der Waals surface area contributed by atoms with E-state index < -0.39 is 5.79 Å². The summed E-state index contributed by atoms with van der Waals surface area (Å²) >= 11 is 0. The summed E-state index contributed by atoms with van der Waals surface area (Å²) < 4.78 is 5.42. The van der Waals surface area contributed by atoms with Crippen LogP contribution in [0.2, 0.25) is 0 Å². The Morgan fingerprint density at radius 3 is 2.12 bits per heavy atom. The molecule has 5 fully saturated rings. The van der Waals surface area contributed by atoms with Gasteiger partial charge in [-0.05, 0) is 56.1 Å². The molecule has 0 unspecified atom stereocenters. The second kappa shape index (κ2) is 6.13. The molecule has 4 aliphatic carbocycles. The first kappa shape index (κ1) is 15.9. The van der Waals surface area contributed by atoms with Crippen LogP contribution in [0, 0.1) is 23.7 Å². The normalized spacial score (nSPS) is 36.3. The van der Waals surface area contributed by atoms with E-state index in [1.807, 2.05) is 29.2 Å². The Hall–Kier alpha value is -1.34. The van der Waals surface area contributed by atoms with Gasteiger partial charge in [0, 0.05) is 11.8 Å². The maximum Gasteiger partial charge on any atom is 0.239 e. The summed E-state index contributed by atoms with van der Waals surface area (Å²) in [6.07, 6.45) is 6.03. The molecule has 25 heavy (non-hydrogen) atoms. The van der Waals surface area contributed by atoms with Gasteiger partial charge in [0.15, 0.2) is 13.5 Å². The van der Waals surface area contributed by atoms with Crippen molar-refractivity contribution in [2.45, 2.75) is 37.9 Å². The average Bonchev–Trinajstić information content (AvgIpc) is 2.60. The Labute approximate surface area is 147 Å². The summed E-state index contributed by atoms with van der Waals surface area (Å²) in [4.78, 5) is 25.1. The predicted molar refractivity (Wildman–Crippen MR) is 89.3 cm³/mol. The number of para-hydroxylation sites is 2. The van der Waals surface area contributed by atoms with E-state index in [1.165, 1.54) is 6.42 Å². The van der Waals surface area contributed by atoms with Gasteiger partial charge in [-0.25, -0.2) is 9.78 Å². The van der Waals surface area contributed by atoms with Crippen LogP contribution in [-0.4, -0.2) is 26.4 Å². The molecule has 1 aromatic carbocycles. The van der Waals surface area contributed by atoms with Gasteiger partial charge in [0.05, 0.1) is 12.8 Å². The largest absolute Gasteiger partial charge is 0.495 e. The zero-order chi connectivity index (χ0) is 16.9. The van der Waals surface area contributed by atoms with E-state index in [4.69, 9.17) is 24.3 Å². The molecule has 136 valence electrons. The van der Waals surface area contributed by atoms with Gasteiger partial charge in [-0.1, -0.05) is 12.1 Å². The standard InChI is InChI=1S/C19H25NO5/c1-21-18-5-3-2-4-17(18)20-11-22-24-19(25-23-12-20)15-7-13-6-14(9-15)10-16(19)8-13/h2-5,13-16H,6-12H2,1H3. The van der Waals surface area contributed by atoms with Gasteiger partial charge in [-0.3, -0.25) is 0 Å². The van der Waals surface area contributed by atoms with Crippen LogP contribution in [0.3, 0.4) is 0 Å². The van der Waals surface area contributed by atoms with E-state index in [0.717, 1.165) is 49.0 Å². The van der Waals surface area contributed by atoms with Crippen molar-refractivity contribution in [1.82, 2.24) is 0 Å². The van der Waals surface area contributed by atoms with Crippen molar-refractivity contribution in [3.05, 3.63) is 24.3 Å². The number of rotatable bonds is 2. The molecule has 1 heterocycles. The summed E-state index contributed by atoms with van der Waals surface area (Å²) in [5, 5.41) is 0. The second-order valence-corrected chi connectivity index (χ2v) is 7.90. The molecule has 0 aromatic heterocycles. The molecular formula is C19H25NO5. The molecule has 0 N–H and O–H groups in total. The van der Waals surface area contributed by atoms with Gasteiger partial charge in [0.25, 0.3) is 0 Å². The smallest absolute Gasteiger partial charge is 0.239 e. The second-order valence-electron chi connectivity index (χ2n) is 7.90. The molecule has 4 bridgehead atoms. The van der Waals surface area contributed by atoms with Gasteiger partial charge in [0.1, 0.15) is 5.75 Å². The first-order valence-corrected chi connectivity index (χ1v) is 9.27. The number of hydrogen-bond acceptors (Lipinski definition) is 6. The number of benzene rings is 1. The molecule has 4 saturated carbocycles. The zero-order valence-electron chi connectivity index (χ0n) is 14.6. The molecule has 6 rings (SSSR count). The molecule has 6 nitrogen and oxygen atoms in total. The minimum absolute atomic E-state index is 0.276. The van der Waals surface area contributed by atoms with Gasteiger partial charge in [-0.2, -0.15) is 9.78 Å². The van der Waals surface area contributed by atoms with Gasteiger partial charge < -0.3 is 9.64 Å². The van der Waals surface area contributed by atoms with E-state index in [1.54, 1.807) is 7.11 Å². The van der Waals surface area contributed by atoms with Crippen LogP contribution in [0.1, 0.15) is 32.1 Å². The molecule has 1 saturated heterocycles. The topological polar surface area (TPSA) is 49.4 Å². The number of nitrogens with zero attached hydrogens (tertiary/aromatic N) is 1. The van der Waals surface area contributed by atoms with E-state index >= 15 is 0 Å². The number of anilines is 1. The Kier molecular flexibility index (Phi) is 3.89. The Morgan fingerprint density at radius 1 is 0.920 bits per heavy atom. The minimum atomic E-state index is -0.722. The maximum absolute atomic E-state index is 5.94. The monoisotopic (exact) mass is 347 g/mol. The van der Waals surface area contributed by atoms with Crippen molar-refractivity contribution in [3.63, 3.8) is 0 Å². The van der Waals surface area contributed by atoms with Crippen LogP contribution in [0.15, 0.2) is 24.3 Å². The summed E-state index contributed by atoms with van der Waals surface area (Å²) in [7, 11) is 1.65. The lowest BCUT2D eigenvalue weighted by Crippen LogP contribution is -2.61. The lowest BCUT2D eigenvalue weighted by molar-refractivity contribution is -0.558. The minimum Gasteiger partial charge on any atom is -0.495 e. The molecule has 5 aliphatic rings. The fourth-order valence-corrected chi connectivity index (χ4v) is 5.56. The van der Waals surface area contributed by atoms with Crippen LogP contribution in [0.25, 0.3) is 0 Å². The van der Waals surface area contributed by atoms with E-state index in [-0.39, 0.29) is 13.5 Å². The fraction of sp³-hybridized carbons (Fsp3) is 0.684. The highest BCUT2D eigenvalue weighted by molar-refractivity contribution is 5.57. The lowest BCUT2D eigenvalue weighted by Gasteiger charge is -2.58. The molecule has 1 spiro atoms. The Morgan fingerprint density at radius 2 is 1.52 bits per heavy atom. The zero-order valence-corrected chi connectivity index (χ0v) is 14.6. The molecule has 0 atom stereocenters. The maximum atomic E-state index is 5.94. The third-order valence-corrected chi connectivity index (χ3v) is 6.50. The molecule has 1 aliphatic heterocycles. The van der Waals surface area contributed by atoms with Gasteiger partial charge >= 0.3 is 0 Å². The molecular weight excluding hydrogens is 322 g/mol. The van der Waals surface area contributed by atoms with Crippen molar-refractivity contribution in [1.29, 1.82) is 0 Å². The molecule has 6 heteroatoms. The lowest BCUT2D eigenvalue weighted by atomic mass is 9.53. The predicted octanol–water partition coefficient (Wildman–Crippen LogP) is 3.48. The van der Waals surface area contributed by atoms with E-state index in [2.05, 4.69) is 0 Å². The van der Waals surface area contributed by atoms with Crippen LogP contribution in [0.5, 0.6) is 5.75 Å². The van der Waals surface area contributed by atoms with Gasteiger partial charge in [-0.15, -0.1) is 0 Å². The van der Waals surface area contributed by atoms with E-state index in [0.29, 0.717) is 11.8 Å². The highest BCUT2D eigenvalue weighted by Gasteiger charge is 2.61. The van der Waals surface area contributed by atoms with Crippen molar-refractivity contribution in [3.8, 4) is 5.75 Å². The summed E-state index contributed by atoms with van der Waals surface area (Å²) in [6, 6.07) is 7.77. The summed E-state index contributed by atoms with van der Waals surface area (Å²) in [5.74, 6) is 2.45. The van der Waals surface area contributed by atoms with Crippen molar-refractivity contribution >= 4 is 5.69 Å². The summed E-state index contributed by atoms with van der Waals surface area (Å²) in [6.45, 7) is 0.551. The highest BCUT2D eigenvalue weighted by atomic mass is 17.3. The third kappa shape index (κ3) is 2.54. The van der Waals surface area contributed by atoms with Crippen molar-refractivity contribution in [2.24, 2.45) is 23.7 Å². The Balaban J connectivity index is 1.33. The summed E-state index contributed by atoms with van der Waals surface area (Å²) in [5.41, 5.74) is 0.887. The molecule has 0 amide bonds. The first-order valence-electron chi connectivity index (χ1n) is 9.27. The van der Waals surface area contributed by atoms with Crippen molar-refractivity contribution in [2.75, 3.05) is 25.5 Å². The molecule has 1 aromatic rings. The van der Waals surface area contributed by atoms with Crippen LogP contribution < -0.4 is 9.64 Å². The van der Waals surface area contributed by atoms with Gasteiger partial charge in [0.2, 0.25) is 5.79 Å². The van der Waals surface area contributed by atoms with Crippen LogP contribution >= 0.6 is 0 Å². The van der Waals surface area contributed by atoms with Crippen molar-refractivity contribution < 1.29 is 24.3 Å². The van der Waals surface area contributed by atoms with Crippen LogP contribution in [0.4, 0.5) is 5.69 Å².